The number of piperidine rings is 1. The maximum atomic E-state index is 11.8. The van der Waals surface area contributed by atoms with Crippen molar-refractivity contribution in [2.75, 3.05) is 53.5 Å². The predicted octanol–water partition coefficient (Wildman–Crippen LogP) is -0.610. The van der Waals surface area contributed by atoms with Crippen LogP contribution in [0.3, 0.4) is 0 Å². The van der Waals surface area contributed by atoms with Gasteiger partial charge in [0.25, 0.3) is 0 Å². The first-order valence-electron chi connectivity index (χ1n) is 7.09. The number of likely N-dealkylation sites (tertiary alicyclic amines) is 1. The van der Waals surface area contributed by atoms with Crippen molar-refractivity contribution in [1.29, 1.82) is 0 Å². The van der Waals surface area contributed by atoms with Crippen LogP contribution in [0.5, 0.6) is 0 Å². The summed E-state index contributed by atoms with van der Waals surface area (Å²) in [4.78, 5) is 25.3. The fourth-order valence-corrected chi connectivity index (χ4v) is 2.43. The fourth-order valence-electron chi connectivity index (χ4n) is 2.43. The standard InChI is InChI=1S/C13H26N4O3/c1-14-8-11-4-3-6-17(9-11)10-12(18)16-13(19)15-5-7-20-2/h11,14H,3-10H2,1-2H3,(H2,15,16,18,19). The molecule has 20 heavy (non-hydrogen) atoms. The van der Waals surface area contributed by atoms with Gasteiger partial charge in [-0.2, -0.15) is 0 Å². The van der Waals surface area contributed by atoms with Crippen molar-refractivity contribution in [3.8, 4) is 0 Å². The van der Waals surface area contributed by atoms with Crippen LogP contribution in [-0.4, -0.2) is 70.3 Å². The molecule has 0 bridgehead atoms. The third-order valence-electron chi connectivity index (χ3n) is 3.31. The summed E-state index contributed by atoms with van der Waals surface area (Å²) in [6.45, 7) is 3.88. The molecule has 0 aromatic heterocycles. The Morgan fingerprint density at radius 1 is 1.40 bits per heavy atom. The van der Waals surface area contributed by atoms with E-state index in [-0.39, 0.29) is 12.5 Å². The zero-order valence-corrected chi connectivity index (χ0v) is 12.4. The van der Waals surface area contributed by atoms with E-state index in [1.807, 2.05) is 7.05 Å². The highest BCUT2D eigenvalue weighted by atomic mass is 16.5. The number of carbonyl (C=O) groups excluding carboxylic acids is 2. The van der Waals surface area contributed by atoms with Gasteiger partial charge in [0.05, 0.1) is 13.2 Å². The van der Waals surface area contributed by atoms with Gasteiger partial charge >= 0.3 is 6.03 Å². The van der Waals surface area contributed by atoms with Crippen LogP contribution in [0.4, 0.5) is 4.79 Å². The van der Waals surface area contributed by atoms with Gasteiger partial charge in [-0.3, -0.25) is 15.0 Å². The minimum atomic E-state index is -0.462. The Morgan fingerprint density at radius 3 is 2.90 bits per heavy atom. The summed E-state index contributed by atoms with van der Waals surface area (Å²) < 4.78 is 4.81. The zero-order chi connectivity index (χ0) is 14.8. The summed E-state index contributed by atoms with van der Waals surface area (Å²) in [5, 5.41) is 8.06. The molecule has 1 saturated heterocycles. The number of rotatable bonds is 7. The molecule has 116 valence electrons. The van der Waals surface area contributed by atoms with Crippen LogP contribution in [-0.2, 0) is 9.53 Å². The summed E-state index contributed by atoms with van der Waals surface area (Å²) in [6, 6.07) is -0.462. The van der Waals surface area contributed by atoms with Gasteiger partial charge < -0.3 is 15.4 Å². The molecule has 0 saturated carbocycles. The van der Waals surface area contributed by atoms with E-state index in [0.717, 1.165) is 26.1 Å². The molecule has 1 atom stereocenters. The topological polar surface area (TPSA) is 82.7 Å². The molecule has 1 heterocycles. The van der Waals surface area contributed by atoms with Gasteiger partial charge in [-0.05, 0) is 38.9 Å². The smallest absolute Gasteiger partial charge is 0.321 e. The van der Waals surface area contributed by atoms with E-state index in [0.29, 0.717) is 19.1 Å². The third kappa shape index (κ3) is 6.83. The van der Waals surface area contributed by atoms with E-state index in [1.165, 1.54) is 6.42 Å². The second-order valence-corrected chi connectivity index (χ2v) is 5.10. The maximum absolute atomic E-state index is 11.8. The number of carbonyl (C=O) groups is 2. The summed E-state index contributed by atoms with van der Waals surface area (Å²) in [7, 11) is 3.50. The van der Waals surface area contributed by atoms with Crippen LogP contribution in [0, 0.1) is 5.92 Å². The van der Waals surface area contributed by atoms with Gasteiger partial charge in [-0.15, -0.1) is 0 Å². The van der Waals surface area contributed by atoms with Crippen LogP contribution in [0.15, 0.2) is 0 Å². The number of hydrogen-bond acceptors (Lipinski definition) is 5. The quantitative estimate of drug-likeness (QED) is 0.544. The molecule has 0 aromatic rings. The lowest BCUT2D eigenvalue weighted by atomic mass is 9.98. The van der Waals surface area contributed by atoms with Crippen molar-refractivity contribution in [3.63, 3.8) is 0 Å². The van der Waals surface area contributed by atoms with Crippen molar-refractivity contribution < 1.29 is 14.3 Å². The molecule has 0 spiro atoms. The molecule has 3 N–H and O–H groups in total. The zero-order valence-electron chi connectivity index (χ0n) is 12.4. The van der Waals surface area contributed by atoms with Crippen LogP contribution >= 0.6 is 0 Å². The van der Waals surface area contributed by atoms with Crippen molar-refractivity contribution in [2.45, 2.75) is 12.8 Å². The van der Waals surface area contributed by atoms with Crippen LogP contribution in [0.2, 0.25) is 0 Å². The number of imide groups is 1. The minimum absolute atomic E-state index is 0.259. The van der Waals surface area contributed by atoms with E-state index in [1.54, 1.807) is 7.11 Å². The number of urea groups is 1. The van der Waals surface area contributed by atoms with Crippen molar-refractivity contribution in [2.24, 2.45) is 5.92 Å². The molecule has 3 amide bonds. The van der Waals surface area contributed by atoms with E-state index in [9.17, 15) is 9.59 Å². The largest absolute Gasteiger partial charge is 0.383 e. The van der Waals surface area contributed by atoms with Gasteiger partial charge in [0.15, 0.2) is 0 Å². The highest BCUT2D eigenvalue weighted by Gasteiger charge is 2.21. The lowest BCUT2D eigenvalue weighted by molar-refractivity contribution is -0.121. The molecular weight excluding hydrogens is 260 g/mol. The number of methoxy groups -OCH3 is 1. The first kappa shape index (κ1) is 16.9. The lowest BCUT2D eigenvalue weighted by Gasteiger charge is -2.31. The first-order valence-corrected chi connectivity index (χ1v) is 7.09. The molecule has 1 aliphatic heterocycles. The highest BCUT2D eigenvalue weighted by molar-refractivity contribution is 5.95. The van der Waals surface area contributed by atoms with E-state index in [2.05, 4.69) is 20.9 Å². The highest BCUT2D eigenvalue weighted by Crippen LogP contribution is 2.14. The van der Waals surface area contributed by atoms with Gasteiger partial charge in [0.2, 0.25) is 5.91 Å². The minimum Gasteiger partial charge on any atom is -0.383 e. The normalized spacial score (nSPS) is 19.6. The molecule has 7 heteroatoms. The van der Waals surface area contributed by atoms with Crippen LogP contribution in [0.1, 0.15) is 12.8 Å². The maximum Gasteiger partial charge on any atom is 0.321 e. The lowest BCUT2D eigenvalue weighted by Crippen LogP contribution is -2.48. The third-order valence-corrected chi connectivity index (χ3v) is 3.31. The molecule has 1 fully saturated rings. The van der Waals surface area contributed by atoms with Gasteiger partial charge in [-0.1, -0.05) is 0 Å². The van der Waals surface area contributed by atoms with Crippen molar-refractivity contribution in [1.82, 2.24) is 20.9 Å². The second kappa shape index (κ2) is 9.68. The Balaban J connectivity index is 2.22. The van der Waals surface area contributed by atoms with E-state index < -0.39 is 6.03 Å². The molecule has 7 nitrogen and oxygen atoms in total. The fraction of sp³-hybridized carbons (Fsp3) is 0.846. The van der Waals surface area contributed by atoms with Crippen LogP contribution in [0.25, 0.3) is 0 Å². The summed E-state index contributed by atoms with van der Waals surface area (Å²) >= 11 is 0. The molecule has 1 unspecified atom stereocenters. The number of ether oxygens (including phenoxy) is 1. The van der Waals surface area contributed by atoms with Crippen molar-refractivity contribution in [3.05, 3.63) is 0 Å². The number of hydrogen-bond donors (Lipinski definition) is 3. The summed E-state index contributed by atoms with van der Waals surface area (Å²) in [5.41, 5.74) is 0. The Hall–Kier alpha value is -1.18. The van der Waals surface area contributed by atoms with Gasteiger partial charge in [0.1, 0.15) is 0 Å². The van der Waals surface area contributed by atoms with Crippen LogP contribution < -0.4 is 16.0 Å². The molecule has 0 aliphatic carbocycles. The molecule has 0 radical (unpaired) electrons. The Labute approximate surface area is 120 Å². The summed E-state index contributed by atoms with van der Waals surface area (Å²) in [5.74, 6) is 0.321. The average molecular weight is 286 g/mol. The van der Waals surface area contributed by atoms with E-state index >= 15 is 0 Å². The number of amides is 3. The SMILES string of the molecule is CNCC1CCCN(CC(=O)NC(=O)NCCOC)C1. The number of nitrogens with zero attached hydrogens (tertiary/aromatic N) is 1. The molecule has 1 aliphatic rings. The monoisotopic (exact) mass is 286 g/mol. The Bertz CT molecular complexity index is 310. The Morgan fingerprint density at radius 2 is 2.20 bits per heavy atom. The van der Waals surface area contributed by atoms with Gasteiger partial charge in [0, 0.05) is 20.2 Å². The van der Waals surface area contributed by atoms with Gasteiger partial charge in [-0.25, -0.2) is 4.79 Å². The first-order chi connectivity index (χ1) is 9.65. The predicted molar refractivity (Wildman–Crippen MR) is 76.5 cm³/mol. The van der Waals surface area contributed by atoms with Crippen molar-refractivity contribution >= 4 is 11.9 Å². The molecule has 0 aromatic carbocycles. The van der Waals surface area contributed by atoms with E-state index in [4.69, 9.17) is 4.74 Å². The molecular formula is C13H26N4O3. The average Bonchev–Trinajstić information content (AvgIpc) is 2.39. The number of nitrogens with one attached hydrogen (secondary N) is 3. The Kier molecular flexibility index (Phi) is 8.17. The second-order valence-electron chi connectivity index (χ2n) is 5.10. The summed E-state index contributed by atoms with van der Waals surface area (Å²) in [6.07, 6.45) is 2.29. The molecule has 1 rings (SSSR count).